The Labute approximate surface area is 114 Å². The number of alkyl halides is 1. The molecule has 0 bridgehead atoms. The summed E-state index contributed by atoms with van der Waals surface area (Å²) in [6, 6.07) is -0.644. The summed E-state index contributed by atoms with van der Waals surface area (Å²) >= 11 is 3.62. The van der Waals surface area contributed by atoms with Gasteiger partial charge in [-0.15, -0.1) is 0 Å². The molecule has 1 heterocycles. The van der Waals surface area contributed by atoms with E-state index in [1.807, 2.05) is 0 Å². The molecule has 0 aromatic carbocycles. The first-order chi connectivity index (χ1) is 8.33. The molecule has 0 unspecified atom stereocenters. The standard InChI is InChI=1S/C12H17BrN2O3/c1-11(12(13)6-4-3-5-7-12)8(16)14-10(18)15(2)9(11)17/h3-7H2,1-2H3,(H,14,16,18)/t11-/m0/s1. The molecule has 5 nitrogen and oxygen atoms in total. The fraction of sp³-hybridized carbons (Fsp3) is 0.750. The van der Waals surface area contributed by atoms with Gasteiger partial charge < -0.3 is 0 Å². The van der Waals surface area contributed by atoms with Crippen LogP contribution in [0.4, 0.5) is 4.79 Å². The monoisotopic (exact) mass is 316 g/mol. The van der Waals surface area contributed by atoms with Crippen molar-refractivity contribution in [3.63, 3.8) is 0 Å². The summed E-state index contributed by atoms with van der Waals surface area (Å²) in [7, 11) is 1.40. The number of nitrogens with zero attached hydrogens (tertiary/aromatic N) is 1. The minimum atomic E-state index is -1.21. The van der Waals surface area contributed by atoms with Gasteiger partial charge in [0.1, 0.15) is 5.41 Å². The quantitative estimate of drug-likeness (QED) is 0.592. The second-order valence-corrected chi connectivity index (χ2v) is 6.79. The van der Waals surface area contributed by atoms with Crippen molar-refractivity contribution in [2.45, 2.75) is 43.4 Å². The van der Waals surface area contributed by atoms with Gasteiger partial charge in [0.2, 0.25) is 11.8 Å². The fourth-order valence-corrected chi connectivity index (χ4v) is 3.75. The van der Waals surface area contributed by atoms with E-state index in [1.54, 1.807) is 6.92 Å². The number of hydrogen-bond acceptors (Lipinski definition) is 3. The highest BCUT2D eigenvalue weighted by Crippen LogP contribution is 2.50. The zero-order chi connectivity index (χ0) is 13.6. The van der Waals surface area contributed by atoms with Gasteiger partial charge in [-0.05, 0) is 19.8 Å². The van der Waals surface area contributed by atoms with Crippen LogP contribution in [-0.4, -0.2) is 34.1 Å². The molecule has 1 atom stereocenters. The van der Waals surface area contributed by atoms with E-state index in [2.05, 4.69) is 21.2 Å². The molecule has 6 heteroatoms. The van der Waals surface area contributed by atoms with Crippen molar-refractivity contribution in [1.82, 2.24) is 10.2 Å². The summed E-state index contributed by atoms with van der Waals surface area (Å²) in [6.07, 6.45) is 4.63. The molecule has 100 valence electrons. The maximum atomic E-state index is 12.4. The van der Waals surface area contributed by atoms with Crippen LogP contribution in [0.25, 0.3) is 0 Å². The Kier molecular flexibility index (Phi) is 3.25. The molecule has 0 aromatic rings. The van der Waals surface area contributed by atoms with Crippen LogP contribution in [0.3, 0.4) is 0 Å². The van der Waals surface area contributed by atoms with Crippen LogP contribution in [-0.2, 0) is 9.59 Å². The molecule has 1 N–H and O–H groups in total. The number of barbiturate groups is 1. The Morgan fingerprint density at radius 1 is 1.17 bits per heavy atom. The minimum Gasteiger partial charge on any atom is -0.277 e. The molecule has 1 aliphatic heterocycles. The van der Waals surface area contributed by atoms with E-state index >= 15 is 0 Å². The van der Waals surface area contributed by atoms with Crippen LogP contribution >= 0.6 is 15.9 Å². The fourth-order valence-electron chi connectivity index (χ4n) is 2.84. The van der Waals surface area contributed by atoms with Crippen molar-refractivity contribution in [3.8, 4) is 0 Å². The predicted octanol–water partition coefficient (Wildman–Crippen LogP) is 1.80. The molecule has 4 amide bonds. The molecule has 2 aliphatic rings. The smallest absolute Gasteiger partial charge is 0.277 e. The first-order valence-corrected chi connectivity index (χ1v) is 6.95. The Morgan fingerprint density at radius 2 is 1.72 bits per heavy atom. The lowest BCUT2D eigenvalue weighted by Gasteiger charge is -2.47. The van der Waals surface area contributed by atoms with E-state index < -0.39 is 27.6 Å². The summed E-state index contributed by atoms with van der Waals surface area (Å²) in [6.45, 7) is 1.63. The van der Waals surface area contributed by atoms with Gasteiger partial charge in [0.15, 0.2) is 0 Å². The van der Waals surface area contributed by atoms with Crippen LogP contribution in [0.2, 0.25) is 0 Å². The van der Waals surface area contributed by atoms with Crippen molar-refractivity contribution < 1.29 is 14.4 Å². The zero-order valence-corrected chi connectivity index (χ0v) is 12.2. The van der Waals surface area contributed by atoms with Crippen LogP contribution in [0.1, 0.15) is 39.0 Å². The van der Waals surface area contributed by atoms with Gasteiger partial charge in [0.25, 0.3) is 0 Å². The maximum absolute atomic E-state index is 12.4. The molecule has 0 aromatic heterocycles. The van der Waals surface area contributed by atoms with Crippen LogP contribution in [0.5, 0.6) is 0 Å². The summed E-state index contributed by atoms with van der Waals surface area (Å²) < 4.78 is -0.547. The second-order valence-electron chi connectivity index (χ2n) is 5.27. The van der Waals surface area contributed by atoms with Gasteiger partial charge >= 0.3 is 6.03 Å². The third kappa shape index (κ3) is 1.69. The van der Waals surface area contributed by atoms with Crippen molar-refractivity contribution in [2.24, 2.45) is 5.41 Å². The molecule has 0 radical (unpaired) electrons. The van der Waals surface area contributed by atoms with Crippen LogP contribution < -0.4 is 5.32 Å². The summed E-state index contributed by atoms with van der Waals surface area (Å²) in [5.41, 5.74) is -1.21. The van der Waals surface area contributed by atoms with Crippen molar-refractivity contribution in [3.05, 3.63) is 0 Å². The van der Waals surface area contributed by atoms with Gasteiger partial charge in [0, 0.05) is 11.4 Å². The zero-order valence-electron chi connectivity index (χ0n) is 10.6. The van der Waals surface area contributed by atoms with Gasteiger partial charge in [-0.2, -0.15) is 0 Å². The molecular formula is C12H17BrN2O3. The van der Waals surface area contributed by atoms with E-state index in [0.29, 0.717) is 0 Å². The molecule has 2 rings (SSSR count). The van der Waals surface area contributed by atoms with Crippen molar-refractivity contribution >= 4 is 33.8 Å². The highest BCUT2D eigenvalue weighted by Gasteiger charge is 2.61. The van der Waals surface area contributed by atoms with Crippen molar-refractivity contribution in [1.29, 1.82) is 0 Å². The van der Waals surface area contributed by atoms with Crippen LogP contribution in [0.15, 0.2) is 0 Å². The summed E-state index contributed by atoms with van der Waals surface area (Å²) in [5, 5.41) is 2.27. The summed E-state index contributed by atoms with van der Waals surface area (Å²) in [4.78, 5) is 37.0. The number of imide groups is 2. The van der Waals surface area contributed by atoms with E-state index in [0.717, 1.165) is 37.0 Å². The lowest BCUT2D eigenvalue weighted by atomic mass is 9.67. The maximum Gasteiger partial charge on any atom is 0.330 e. The highest BCUT2D eigenvalue weighted by atomic mass is 79.9. The largest absolute Gasteiger partial charge is 0.330 e. The number of rotatable bonds is 1. The number of amides is 4. The molecule has 2 fully saturated rings. The van der Waals surface area contributed by atoms with Gasteiger partial charge in [-0.25, -0.2) is 4.79 Å². The molecule has 1 saturated carbocycles. The van der Waals surface area contributed by atoms with E-state index in [-0.39, 0.29) is 0 Å². The third-order valence-corrected chi connectivity index (χ3v) is 5.84. The second kappa shape index (κ2) is 4.33. The average molecular weight is 317 g/mol. The first-order valence-electron chi connectivity index (χ1n) is 6.15. The Hall–Kier alpha value is -0.910. The topological polar surface area (TPSA) is 66.5 Å². The number of carbonyl (C=O) groups excluding carboxylic acids is 3. The van der Waals surface area contributed by atoms with Gasteiger partial charge in [0.05, 0.1) is 0 Å². The Morgan fingerprint density at radius 3 is 2.28 bits per heavy atom. The Balaban J connectivity index is 2.41. The average Bonchev–Trinajstić information content (AvgIpc) is 2.34. The lowest BCUT2D eigenvalue weighted by molar-refractivity contribution is -0.152. The molecule has 1 saturated heterocycles. The highest BCUT2D eigenvalue weighted by molar-refractivity contribution is 9.10. The first kappa shape index (κ1) is 13.5. The van der Waals surface area contributed by atoms with E-state index in [4.69, 9.17) is 0 Å². The summed E-state index contributed by atoms with van der Waals surface area (Å²) in [5.74, 6) is -0.913. The number of urea groups is 1. The van der Waals surface area contributed by atoms with Gasteiger partial charge in [-0.3, -0.25) is 19.8 Å². The van der Waals surface area contributed by atoms with E-state index in [1.165, 1.54) is 7.05 Å². The molecule has 18 heavy (non-hydrogen) atoms. The SMILES string of the molecule is CN1C(=O)NC(=O)[C@](C)(C2(Br)CCCCC2)C1=O. The van der Waals surface area contributed by atoms with Crippen molar-refractivity contribution in [2.75, 3.05) is 7.05 Å². The van der Waals surface area contributed by atoms with Gasteiger partial charge in [-0.1, -0.05) is 35.2 Å². The number of carbonyl (C=O) groups is 3. The molecular weight excluding hydrogens is 300 g/mol. The van der Waals surface area contributed by atoms with Crippen LogP contribution in [0, 0.1) is 5.41 Å². The molecule has 0 spiro atoms. The predicted molar refractivity (Wildman–Crippen MR) is 69.2 cm³/mol. The normalized spacial score (nSPS) is 32.4. The third-order valence-electron chi connectivity index (χ3n) is 4.25. The number of halogens is 1. The lowest BCUT2D eigenvalue weighted by Crippen LogP contribution is -2.68. The minimum absolute atomic E-state index is 0.421. The number of hydrogen-bond donors (Lipinski definition) is 1. The van der Waals surface area contributed by atoms with E-state index in [9.17, 15) is 14.4 Å². The molecule has 1 aliphatic carbocycles. The Bertz CT molecular complexity index is 418. The number of nitrogens with one attached hydrogen (secondary N) is 1.